The van der Waals surface area contributed by atoms with Crippen LogP contribution in [0.3, 0.4) is 0 Å². The highest BCUT2D eigenvalue weighted by Crippen LogP contribution is 2.37. The molecule has 0 aliphatic rings. The zero-order chi connectivity index (χ0) is 34.6. The molecule has 248 valence electrons. The zero-order valence-corrected chi connectivity index (χ0v) is 29.4. The molecule has 0 saturated carbocycles. The molecule has 9 nitrogen and oxygen atoms in total. The van der Waals surface area contributed by atoms with Gasteiger partial charge in [-0.25, -0.2) is 4.98 Å². The van der Waals surface area contributed by atoms with Crippen LogP contribution in [0.5, 0.6) is 0 Å². The van der Waals surface area contributed by atoms with Crippen molar-refractivity contribution in [3.63, 3.8) is 0 Å². The third-order valence-electron chi connectivity index (χ3n) is 6.81. The molecule has 1 aromatic heterocycles. The summed E-state index contributed by atoms with van der Waals surface area (Å²) in [4.78, 5) is 57.3. The topological polar surface area (TPSA) is 126 Å². The number of aromatic nitrogens is 1. The number of carbonyl (C=O) groups is 4. The predicted octanol–water partition coefficient (Wildman–Crippen LogP) is 7.89. The van der Waals surface area contributed by atoms with Gasteiger partial charge in [0.1, 0.15) is 10.9 Å². The van der Waals surface area contributed by atoms with Gasteiger partial charge in [-0.1, -0.05) is 82.7 Å². The number of benzene rings is 4. The molecule has 5 rings (SSSR count). The number of thiazole rings is 1. The number of hydrogen-bond acceptors (Lipinski definition) is 8. The Balaban J connectivity index is 1.34. The molecule has 1 unspecified atom stereocenters. The zero-order valence-electron chi connectivity index (χ0n) is 26.2. The molecule has 12 heteroatoms. The molecule has 4 aromatic carbocycles. The lowest BCUT2D eigenvalue weighted by molar-refractivity contribution is -0.142. The maximum Gasteiger partial charge on any atom is 0.311 e. The minimum Gasteiger partial charge on any atom is -0.466 e. The smallest absolute Gasteiger partial charge is 0.311 e. The number of hydrogen-bond donors (Lipinski definition) is 3. The molecule has 1 heterocycles. The third-order valence-corrected chi connectivity index (χ3v) is 9.39. The number of anilines is 2. The van der Waals surface area contributed by atoms with Crippen molar-refractivity contribution >= 4 is 79.6 Å². The average Bonchev–Trinajstić information content (AvgIpc) is 3.54. The van der Waals surface area contributed by atoms with Crippen molar-refractivity contribution in [1.82, 2.24) is 10.3 Å². The largest absolute Gasteiger partial charge is 0.466 e. The number of carbonyl (C=O) groups excluding carboxylic acids is 4. The number of nitrogens with one attached hydrogen (secondary N) is 3. The summed E-state index contributed by atoms with van der Waals surface area (Å²) in [5.41, 5.74) is 2.94. The summed E-state index contributed by atoms with van der Waals surface area (Å²) in [6.45, 7) is 2.02. The molecule has 0 radical (unpaired) electrons. The first-order valence-electron chi connectivity index (χ1n) is 15.1. The van der Waals surface area contributed by atoms with Crippen molar-refractivity contribution in [1.29, 1.82) is 0 Å². The summed E-state index contributed by atoms with van der Waals surface area (Å²) in [5, 5.41) is 9.94. The van der Waals surface area contributed by atoms with Crippen molar-refractivity contribution in [3.8, 4) is 0 Å². The predicted molar refractivity (Wildman–Crippen MR) is 197 cm³/mol. The highest BCUT2D eigenvalue weighted by Gasteiger charge is 2.24. The molecule has 0 fully saturated rings. The maximum atomic E-state index is 13.6. The highest BCUT2D eigenvalue weighted by atomic mass is 79.9. The molecule has 0 bridgehead atoms. The van der Waals surface area contributed by atoms with Gasteiger partial charge < -0.3 is 20.7 Å². The van der Waals surface area contributed by atoms with E-state index in [9.17, 15) is 19.2 Å². The molecular formula is C37H31BrN4O5S2. The number of esters is 1. The SMILES string of the molecule is CCOC(=O)Cc1csc(NC(=O)C(Sc2cccc(NC(=O)/C(=C/c3ccc(Br)cc3)NC(=O)c3ccccc3)c2)c2ccccc2)n1. The number of amides is 3. The Bertz CT molecular complexity index is 1950. The fraction of sp³-hybridized carbons (Fsp3) is 0.108. The van der Waals surface area contributed by atoms with Crippen molar-refractivity contribution in [3.05, 3.63) is 147 Å². The monoisotopic (exact) mass is 754 g/mol. The Morgan fingerprint density at radius 3 is 2.33 bits per heavy atom. The molecule has 0 saturated heterocycles. The van der Waals surface area contributed by atoms with Crippen LogP contribution in [0.25, 0.3) is 6.08 Å². The third kappa shape index (κ3) is 10.5. The summed E-state index contributed by atoms with van der Waals surface area (Å²) in [6.07, 6.45) is 1.62. The van der Waals surface area contributed by atoms with Crippen LogP contribution < -0.4 is 16.0 Å². The van der Waals surface area contributed by atoms with E-state index in [0.29, 0.717) is 22.1 Å². The van der Waals surface area contributed by atoms with E-state index >= 15 is 0 Å². The number of thioether (sulfide) groups is 1. The second kappa shape index (κ2) is 17.4. The van der Waals surface area contributed by atoms with Crippen molar-refractivity contribution in [2.45, 2.75) is 23.5 Å². The number of nitrogens with zero attached hydrogens (tertiary/aromatic N) is 1. The second-order valence-electron chi connectivity index (χ2n) is 10.4. The van der Waals surface area contributed by atoms with E-state index in [2.05, 4.69) is 36.9 Å². The van der Waals surface area contributed by atoms with Crippen LogP contribution in [0.1, 0.15) is 39.4 Å². The lowest BCUT2D eigenvalue weighted by Gasteiger charge is -2.17. The summed E-state index contributed by atoms with van der Waals surface area (Å²) in [5.74, 6) is -1.63. The highest BCUT2D eigenvalue weighted by molar-refractivity contribution is 9.10. The first-order chi connectivity index (χ1) is 23.8. The van der Waals surface area contributed by atoms with Gasteiger partial charge in [-0.2, -0.15) is 0 Å². The Kier molecular flexibility index (Phi) is 12.5. The average molecular weight is 756 g/mol. The summed E-state index contributed by atoms with van der Waals surface area (Å²) >= 11 is 5.95. The second-order valence-corrected chi connectivity index (χ2v) is 13.4. The Morgan fingerprint density at radius 1 is 0.898 bits per heavy atom. The van der Waals surface area contributed by atoms with Crippen LogP contribution in [0, 0.1) is 0 Å². The lowest BCUT2D eigenvalue weighted by atomic mass is 10.1. The minimum atomic E-state index is -0.664. The van der Waals surface area contributed by atoms with E-state index in [1.54, 1.807) is 60.8 Å². The molecule has 49 heavy (non-hydrogen) atoms. The van der Waals surface area contributed by atoms with Crippen molar-refractivity contribution < 1.29 is 23.9 Å². The molecule has 5 aromatic rings. The van der Waals surface area contributed by atoms with Gasteiger partial charge in [0.15, 0.2) is 5.13 Å². The number of rotatable bonds is 13. The van der Waals surface area contributed by atoms with Crippen LogP contribution in [0.2, 0.25) is 0 Å². The minimum absolute atomic E-state index is 0.0194. The van der Waals surface area contributed by atoms with Crippen LogP contribution in [-0.2, 0) is 25.5 Å². The number of ether oxygens (including phenoxy) is 1. The van der Waals surface area contributed by atoms with E-state index in [1.807, 2.05) is 66.7 Å². The van der Waals surface area contributed by atoms with Gasteiger partial charge in [0.05, 0.1) is 18.7 Å². The van der Waals surface area contributed by atoms with Gasteiger partial charge in [-0.3, -0.25) is 19.2 Å². The van der Waals surface area contributed by atoms with E-state index in [-0.39, 0.29) is 30.6 Å². The summed E-state index contributed by atoms with van der Waals surface area (Å²) in [6, 6.07) is 32.4. The standard InChI is InChI=1S/C37H31BrN4O5S2/c1-2-47-32(43)22-29-23-48-37(40-29)42-36(46)33(25-10-5-3-6-11-25)49-30-15-9-14-28(21-30)39-35(45)31(20-24-16-18-27(38)19-17-24)41-34(44)26-12-7-4-8-13-26/h3-21,23,33H,2,22H2,1H3,(H,39,45)(H,41,44)(H,40,42,46)/b31-20-. The fourth-order valence-corrected chi connectivity index (χ4v) is 6.59. The van der Waals surface area contributed by atoms with E-state index in [4.69, 9.17) is 4.74 Å². The summed E-state index contributed by atoms with van der Waals surface area (Å²) in [7, 11) is 0. The molecule has 0 aliphatic carbocycles. The van der Waals surface area contributed by atoms with E-state index < -0.39 is 17.1 Å². The van der Waals surface area contributed by atoms with Gasteiger partial charge in [0.2, 0.25) is 5.91 Å². The van der Waals surface area contributed by atoms with Crippen LogP contribution in [0.4, 0.5) is 10.8 Å². The van der Waals surface area contributed by atoms with Gasteiger partial charge in [-0.05, 0) is 66.6 Å². The summed E-state index contributed by atoms with van der Waals surface area (Å²) < 4.78 is 5.88. The van der Waals surface area contributed by atoms with Crippen molar-refractivity contribution in [2.75, 3.05) is 17.2 Å². The molecule has 1 atom stereocenters. The van der Waals surface area contributed by atoms with Crippen LogP contribution in [-0.4, -0.2) is 35.3 Å². The Morgan fingerprint density at radius 2 is 1.61 bits per heavy atom. The molecular weight excluding hydrogens is 724 g/mol. The number of halogens is 1. The first kappa shape index (κ1) is 35.3. The van der Waals surface area contributed by atoms with Gasteiger partial charge in [-0.15, -0.1) is 23.1 Å². The van der Waals surface area contributed by atoms with E-state index in [1.165, 1.54) is 23.1 Å². The van der Waals surface area contributed by atoms with Gasteiger partial charge in [0.25, 0.3) is 11.8 Å². The Labute approximate surface area is 300 Å². The van der Waals surface area contributed by atoms with Crippen molar-refractivity contribution in [2.24, 2.45) is 0 Å². The van der Waals surface area contributed by atoms with E-state index in [0.717, 1.165) is 20.5 Å². The molecule has 0 spiro atoms. The fourth-order valence-electron chi connectivity index (χ4n) is 4.53. The normalized spacial score (nSPS) is 11.7. The van der Waals surface area contributed by atoms with Crippen LogP contribution >= 0.6 is 39.0 Å². The van der Waals surface area contributed by atoms with Crippen LogP contribution in [0.15, 0.2) is 130 Å². The Hall–Kier alpha value is -5.04. The first-order valence-corrected chi connectivity index (χ1v) is 17.7. The quantitative estimate of drug-likeness (QED) is 0.0634. The lowest BCUT2D eigenvalue weighted by Crippen LogP contribution is -2.30. The maximum absolute atomic E-state index is 13.6. The molecule has 3 N–H and O–H groups in total. The van der Waals surface area contributed by atoms with Gasteiger partial charge >= 0.3 is 5.97 Å². The van der Waals surface area contributed by atoms with Gasteiger partial charge in [0, 0.05) is 26.0 Å². The molecule has 0 aliphatic heterocycles. The molecule has 3 amide bonds.